The van der Waals surface area contributed by atoms with E-state index >= 15 is 0 Å². The van der Waals surface area contributed by atoms with E-state index in [9.17, 15) is 0 Å². The minimum absolute atomic E-state index is 0.423. The predicted molar refractivity (Wildman–Crippen MR) is 91.2 cm³/mol. The number of hydrogen-bond donors (Lipinski definition) is 1. The molecule has 0 saturated carbocycles. The zero-order valence-corrected chi connectivity index (χ0v) is 15.6. The number of allylic oxidation sites excluding steroid dienone is 1. The summed E-state index contributed by atoms with van der Waals surface area (Å²) >= 11 is 0. The highest BCUT2D eigenvalue weighted by Gasteiger charge is 2.48. The molecule has 0 spiro atoms. The van der Waals surface area contributed by atoms with E-state index in [0.717, 1.165) is 6.42 Å². The summed E-state index contributed by atoms with van der Waals surface area (Å²) in [5.41, 5.74) is 7.90. The summed E-state index contributed by atoms with van der Waals surface area (Å²) in [6.07, 6.45) is 4.71. The van der Waals surface area contributed by atoms with E-state index in [1.165, 1.54) is 12.2 Å². The summed E-state index contributed by atoms with van der Waals surface area (Å²) in [7, 11) is -1.83. The lowest BCUT2D eigenvalue weighted by molar-refractivity contribution is 0.243. The van der Waals surface area contributed by atoms with Gasteiger partial charge in [0.15, 0.2) is 0 Å². The SMILES string of the molecule is CC(C)[Si](OC1=CCC[C@@H](C)[C@@H]1CN)(C(C)C)C(C)C. The van der Waals surface area contributed by atoms with Crippen molar-refractivity contribution in [2.45, 2.75) is 77.9 Å². The normalized spacial score (nSPS) is 24.4. The van der Waals surface area contributed by atoms with Crippen LogP contribution in [-0.2, 0) is 4.43 Å². The third kappa shape index (κ3) is 3.30. The van der Waals surface area contributed by atoms with Crippen molar-refractivity contribution in [1.82, 2.24) is 0 Å². The molecule has 0 radical (unpaired) electrons. The Labute approximate surface area is 127 Å². The topological polar surface area (TPSA) is 35.2 Å². The molecular formula is C17H35NOSi. The smallest absolute Gasteiger partial charge is 0.258 e. The Morgan fingerprint density at radius 2 is 1.65 bits per heavy atom. The highest BCUT2D eigenvalue weighted by Crippen LogP contribution is 2.45. The van der Waals surface area contributed by atoms with Crippen LogP contribution in [0.15, 0.2) is 11.8 Å². The molecule has 20 heavy (non-hydrogen) atoms. The molecule has 1 aliphatic carbocycles. The molecular weight excluding hydrogens is 262 g/mol. The van der Waals surface area contributed by atoms with Crippen LogP contribution in [0.4, 0.5) is 0 Å². The summed E-state index contributed by atoms with van der Waals surface area (Å²) < 4.78 is 6.86. The fraction of sp³-hybridized carbons (Fsp3) is 0.882. The zero-order chi connectivity index (χ0) is 15.5. The molecule has 0 saturated heterocycles. The number of hydrogen-bond acceptors (Lipinski definition) is 2. The fourth-order valence-corrected chi connectivity index (χ4v) is 9.50. The Bertz CT molecular complexity index is 314. The van der Waals surface area contributed by atoms with Crippen LogP contribution >= 0.6 is 0 Å². The Hall–Kier alpha value is -0.283. The maximum Gasteiger partial charge on any atom is 0.258 e. The van der Waals surface area contributed by atoms with Crippen molar-refractivity contribution in [1.29, 1.82) is 0 Å². The van der Waals surface area contributed by atoms with Gasteiger partial charge >= 0.3 is 0 Å². The van der Waals surface area contributed by atoms with Crippen molar-refractivity contribution in [3.8, 4) is 0 Å². The van der Waals surface area contributed by atoms with Crippen LogP contribution in [0.25, 0.3) is 0 Å². The lowest BCUT2D eigenvalue weighted by atomic mass is 9.84. The van der Waals surface area contributed by atoms with Gasteiger partial charge in [0.1, 0.15) is 0 Å². The van der Waals surface area contributed by atoms with Crippen LogP contribution in [0, 0.1) is 11.8 Å². The zero-order valence-electron chi connectivity index (χ0n) is 14.6. The average molecular weight is 298 g/mol. The van der Waals surface area contributed by atoms with E-state index in [-0.39, 0.29) is 0 Å². The average Bonchev–Trinajstić information content (AvgIpc) is 2.34. The van der Waals surface area contributed by atoms with Gasteiger partial charge in [-0.05, 0) is 41.5 Å². The fourth-order valence-electron chi connectivity index (χ4n) is 4.14. The van der Waals surface area contributed by atoms with Gasteiger partial charge in [-0.1, -0.05) is 48.5 Å². The standard InChI is InChI=1S/C17H35NOSi/c1-12(2)20(13(3)4,14(5)6)19-17-10-8-9-15(7)16(17)11-18/h10,12-16H,8-9,11,18H2,1-7H3/t15-,16+/m1/s1. The van der Waals surface area contributed by atoms with Crippen molar-refractivity contribution >= 4 is 8.32 Å². The minimum atomic E-state index is -1.83. The molecule has 2 atom stereocenters. The molecule has 0 heterocycles. The largest absolute Gasteiger partial charge is 0.546 e. The molecule has 1 rings (SSSR count). The van der Waals surface area contributed by atoms with Gasteiger partial charge in [0.2, 0.25) is 0 Å². The van der Waals surface area contributed by atoms with Gasteiger partial charge in [-0.15, -0.1) is 0 Å². The van der Waals surface area contributed by atoms with E-state index < -0.39 is 8.32 Å². The highest BCUT2D eigenvalue weighted by atomic mass is 28.4. The number of rotatable bonds is 6. The number of nitrogens with two attached hydrogens (primary N) is 1. The van der Waals surface area contributed by atoms with Crippen molar-refractivity contribution in [2.75, 3.05) is 6.54 Å². The maximum absolute atomic E-state index is 6.86. The monoisotopic (exact) mass is 297 g/mol. The van der Waals surface area contributed by atoms with Gasteiger partial charge in [-0.25, -0.2) is 0 Å². The Morgan fingerprint density at radius 1 is 1.15 bits per heavy atom. The predicted octanol–water partition coefficient (Wildman–Crippen LogP) is 5.07. The summed E-state index contributed by atoms with van der Waals surface area (Å²) in [6, 6.07) is 0. The molecule has 0 fully saturated rings. The Balaban J connectivity index is 3.09. The van der Waals surface area contributed by atoms with Crippen molar-refractivity contribution in [3.63, 3.8) is 0 Å². The van der Waals surface area contributed by atoms with Crippen LogP contribution < -0.4 is 5.73 Å². The van der Waals surface area contributed by atoms with Gasteiger partial charge in [-0.3, -0.25) is 0 Å². The second-order valence-electron chi connectivity index (χ2n) is 7.42. The maximum atomic E-state index is 6.86. The lowest BCUT2D eigenvalue weighted by Crippen LogP contribution is -2.49. The second kappa shape index (κ2) is 7.12. The van der Waals surface area contributed by atoms with Crippen molar-refractivity contribution in [3.05, 3.63) is 11.8 Å². The molecule has 0 aromatic rings. The summed E-state index contributed by atoms with van der Waals surface area (Å²) in [5.74, 6) is 2.29. The lowest BCUT2D eigenvalue weighted by Gasteiger charge is -2.45. The van der Waals surface area contributed by atoms with Gasteiger partial charge in [0.25, 0.3) is 8.32 Å². The van der Waals surface area contributed by atoms with E-state index in [0.29, 0.717) is 35.0 Å². The molecule has 0 unspecified atom stereocenters. The molecule has 0 aliphatic heterocycles. The first-order valence-electron chi connectivity index (χ1n) is 8.36. The first-order valence-corrected chi connectivity index (χ1v) is 10.5. The molecule has 0 aromatic carbocycles. The quantitative estimate of drug-likeness (QED) is 0.695. The summed E-state index contributed by atoms with van der Waals surface area (Å²) in [5, 5.41) is 0. The molecule has 0 bridgehead atoms. The van der Waals surface area contributed by atoms with Gasteiger partial charge in [0.05, 0.1) is 5.76 Å². The highest BCUT2D eigenvalue weighted by molar-refractivity contribution is 6.77. The first kappa shape index (κ1) is 17.8. The van der Waals surface area contributed by atoms with Gasteiger partial charge in [0, 0.05) is 12.5 Å². The molecule has 0 amide bonds. The summed E-state index contributed by atoms with van der Waals surface area (Å²) in [6.45, 7) is 17.1. The van der Waals surface area contributed by atoms with Crippen molar-refractivity contribution < 1.29 is 4.43 Å². The van der Waals surface area contributed by atoms with Gasteiger partial charge in [-0.2, -0.15) is 0 Å². The van der Waals surface area contributed by atoms with Crippen LogP contribution in [-0.4, -0.2) is 14.9 Å². The van der Waals surface area contributed by atoms with E-state index in [4.69, 9.17) is 10.2 Å². The van der Waals surface area contributed by atoms with Crippen LogP contribution in [0.5, 0.6) is 0 Å². The van der Waals surface area contributed by atoms with E-state index in [1.807, 2.05) is 0 Å². The molecule has 118 valence electrons. The Morgan fingerprint density at radius 3 is 2.05 bits per heavy atom. The third-order valence-corrected chi connectivity index (χ3v) is 11.3. The third-order valence-electron chi connectivity index (χ3n) is 5.28. The summed E-state index contributed by atoms with van der Waals surface area (Å²) in [4.78, 5) is 0. The van der Waals surface area contributed by atoms with Crippen LogP contribution in [0.3, 0.4) is 0 Å². The van der Waals surface area contributed by atoms with E-state index in [2.05, 4.69) is 54.5 Å². The second-order valence-corrected chi connectivity index (χ2v) is 12.8. The molecule has 0 aromatic heterocycles. The van der Waals surface area contributed by atoms with Crippen molar-refractivity contribution in [2.24, 2.45) is 17.6 Å². The Kier molecular flexibility index (Phi) is 6.33. The molecule has 2 N–H and O–H groups in total. The molecule has 3 heteroatoms. The molecule has 1 aliphatic rings. The first-order chi connectivity index (χ1) is 9.27. The van der Waals surface area contributed by atoms with Crippen LogP contribution in [0.1, 0.15) is 61.3 Å². The minimum Gasteiger partial charge on any atom is -0.546 e. The molecule has 2 nitrogen and oxygen atoms in total. The van der Waals surface area contributed by atoms with Crippen LogP contribution in [0.2, 0.25) is 16.6 Å². The van der Waals surface area contributed by atoms with Gasteiger partial charge < -0.3 is 10.2 Å². The van der Waals surface area contributed by atoms with E-state index in [1.54, 1.807) is 0 Å².